The van der Waals surface area contributed by atoms with Crippen LogP contribution in [0.3, 0.4) is 0 Å². The average Bonchev–Trinajstić information content (AvgIpc) is 2.74. The SMILES string of the molecule is CCCOCCOC/C(N)=C/N(N)CCOCCOCCC(=O)Nc1ccc(O)cc1. The number of rotatable bonds is 18. The molecule has 1 amide bonds. The third-order valence-corrected chi connectivity index (χ3v) is 3.81. The van der Waals surface area contributed by atoms with Crippen molar-refractivity contribution in [2.45, 2.75) is 19.8 Å². The minimum absolute atomic E-state index is 0.149. The van der Waals surface area contributed by atoms with Gasteiger partial charge in [-0.15, -0.1) is 0 Å². The molecule has 0 aromatic heterocycles. The second-order valence-electron chi connectivity index (χ2n) is 6.68. The molecule has 31 heavy (non-hydrogen) atoms. The van der Waals surface area contributed by atoms with Crippen LogP contribution >= 0.6 is 0 Å². The summed E-state index contributed by atoms with van der Waals surface area (Å²) < 4.78 is 21.5. The van der Waals surface area contributed by atoms with E-state index in [1.807, 2.05) is 0 Å². The van der Waals surface area contributed by atoms with Gasteiger partial charge < -0.3 is 40.1 Å². The van der Waals surface area contributed by atoms with Crippen LogP contribution in [0.4, 0.5) is 5.69 Å². The van der Waals surface area contributed by atoms with Crippen molar-refractivity contribution in [2.24, 2.45) is 11.6 Å². The molecule has 176 valence electrons. The topological polar surface area (TPSA) is 142 Å². The Morgan fingerprint density at radius 1 is 1.00 bits per heavy atom. The molecule has 0 saturated carbocycles. The van der Waals surface area contributed by atoms with Gasteiger partial charge in [0.15, 0.2) is 0 Å². The predicted molar refractivity (Wildman–Crippen MR) is 118 cm³/mol. The molecule has 0 spiro atoms. The fourth-order valence-corrected chi connectivity index (χ4v) is 2.29. The van der Waals surface area contributed by atoms with Crippen molar-refractivity contribution in [3.63, 3.8) is 0 Å². The largest absolute Gasteiger partial charge is 0.508 e. The molecule has 0 saturated heterocycles. The van der Waals surface area contributed by atoms with Crippen molar-refractivity contribution in [3.8, 4) is 5.75 Å². The number of carbonyl (C=O) groups excluding carboxylic acids is 1. The highest BCUT2D eigenvalue weighted by atomic mass is 16.5. The minimum Gasteiger partial charge on any atom is -0.508 e. The summed E-state index contributed by atoms with van der Waals surface area (Å²) in [4.78, 5) is 11.8. The molecule has 0 aliphatic rings. The van der Waals surface area contributed by atoms with Crippen molar-refractivity contribution < 1.29 is 28.8 Å². The maximum absolute atomic E-state index is 11.8. The highest BCUT2D eigenvalue weighted by Gasteiger charge is 2.03. The third kappa shape index (κ3) is 15.1. The van der Waals surface area contributed by atoms with Crippen LogP contribution in [0, 0.1) is 0 Å². The van der Waals surface area contributed by atoms with E-state index in [0.717, 1.165) is 13.0 Å². The number of amides is 1. The summed E-state index contributed by atoms with van der Waals surface area (Å²) in [6.45, 7) is 6.05. The summed E-state index contributed by atoms with van der Waals surface area (Å²) in [5.41, 5.74) is 6.99. The first kappa shape index (κ1) is 26.7. The highest BCUT2D eigenvalue weighted by molar-refractivity contribution is 5.90. The summed E-state index contributed by atoms with van der Waals surface area (Å²) in [5.74, 6) is 5.83. The number of benzene rings is 1. The van der Waals surface area contributed by atoms with Gasteiger partial charge in [0.2, 0.25) is 5.91 Å². The molecule has 1 aromatic rings. The van der Waals surface area contributed by atoms with Gasteiger partial charge in [-0.1, -0.05) is 6.92 Å². The molecule has 10 nitrogen and oxygen atoms in total. The molecule has 1 aromatic carbocycles. The van der Waals surface area contributed by atoms with E-state index in [-0.39, 0.29) is 24.7 Å². The molecular formula is C21H36N4O6. The molecule has 0 aliphatic heterocycles. The van der Waals surface area contributed by atoms with Crippen molar-refractivity contribution in [2.75, 3.05) is 64.7 Å². The van der Waals surface area contributed by atoms with Crippen LogP contribution in [0.5, 0.6) is 5.75 Å². The van der Waals surface area contributed by atoms with Crippen molar-refractivity contribution in [1.29, 1.82) is 0 Å². The Morgan fingerprint density at radius 3 is 2.29 bits per heavy atom. The Morgan fingerprint density at radius 2 is 1.61 bits per heavy atom. The Labute approximate surface area is 184 Å². The Balaban J connectivity index is 1.96. The van der Waals surface area contributed by atoms with E-state index in [9.17, 15) is 9.90 Å². The minimum atomic E-state index is -0.160. The Kier molecular flexibility index (Phi) is 14.9. The van der Waals surface area contributed by atoms with Gasteiger partial charge in [0.05, 0.1) is 64.9 Å². The summed E-state index contributed by atoms with van der Waals surface area (Å²) in [6.07, 6.45) is 2.82. The summed E-state index contributed by atoms with van der Waals surface area (Å²) in [6, 6.07) is 6.27. The number of carbonyl (C=O) groups is 1. The maximum atomic E-state index is 11.8. The number of nitrogens with two attached hydrogens (primary N) is 2. The summed E-state index contributed by atoms with van der Waals surface area (Å²) in [5, 5.41) is 13.4. The molecule has 0 aliphatic carbocycles. The van der Waals surface area contributed by atoms with E-state index < -0.39 is 0 Å². The quantitative estimate of drug-likeness (QED) is 0.115. The van der Waals surface area contributed by atoms with E-state index in [1.54, 1.807) is 18.3 Å². The molecule has 10 heteroatoms. The van der Waals surface area contributed by atoms with E-state index in [1.165, 1.54) is 17.1 Å². The van der Waals surface area contributed by atoms with Gasteiger partial charge in [0, 0.05) is 18.5 Å². The van der Waals surface area contributed by atoms with Crippen LogP contribution < -0.4 is 16.9 Å². The van der Waals surface area contributed by atoms with Crippen LogP contribution in [-0.4, -0.2) is 75.4 Å². The number of phenolic OH excluding ortho intramolecular Hbond substituents is 1. The van der Waals surface area contributed by atoms with Crippen molar-refractivity contribution >= 4 is 11.6 Å². The number of nitrogens with zero attached hydrogens (tertiary/aromatic N) is 1. The number of ether oxygens (including phenoxy) is 4. The van der Waals surface area contributed by atoms with E-state index in [0.29, 0.717) is 57.6 Å². The zero-order valence-electron chi connectivity index (χ0n) is 18.3. The lowest BCUT2D eigenvalue weighted by atomic mass is 10.3. The van der Waals surface area contributed by atoms with Gasteiger partial charge in [0.25, 0.3) is 0 Å². The second kappa shape index (κ2) is 17.3. The second-order valence-corrected chi connectivity index (χ2v) is 6.68. The number of phenols is 1. The Hall–Kier alpha value is -2.37. The third-order valence-electron chi connectivity index (χ3n) is 3.81. The lowest BCUT2D eigenvalue weighted by molar-refractivity contribution is -0.117. The Bertz CT molecular complexity index is 627. The van der Waals surface area contributed by atoms with Crippen LogP contribution in [0.25, 0.3) is 0 Å². The molecule has 0 heterocycles. The van der Waals surface area contributed by atoms with Crippen molar-refractivity contribution in [3.05, 3.63) is 36.2 Å². The van der Waals surface area contributed by atoms with Crippen LogP contribution in [0.15, 0.2) is 36.2 Å². The first-order valence-corrected chi connectivity index (χ1v) is 10.4. The lowest BCUT2D eigenvalue weighted by Gasteiger charge is -2.15. The van der Waals surface area contributed by atoms with Crippen molar-refractivity contribution in [1.82, 2.24) is 5.01 Å². The van der Waals surface area contributed by atoms with Gasteiger partial charge >= 0.3 is 0 Å². The highest BCUT2D eigenvalue weighted by Crippen LogP contribution is 2.13. The molecule has 0 bridgehead atoms. The molecular weight excluding hydrogens is 404 g/mol. The standard InChI is InChI=1S/C21H36N4O6/c1-2-9-28-14-15-31-17-18(22)16-25(23)8-11-30-13-12-29-10-7-21(27)24-19-3-5-20(26)6-4-19/h3-6,16,26H,2,7-15,17,22-23H2,1H3,(H,24,27)/b18-16-. The van der Waals surface area contributed by atoms with Gasteiger partial charge in [0.1, 0.15) is 5.75 Å². The van der Waals surface area contributed by atoms with E-state index in [2.05, 4.69) is 12.2 Å². The first-order chi connectivity index (χ1) is 15.0. The van der Waals surface area contributed by atoms with Gasteiger partial charge in [-0.25, -0.2) is 5.84 Å². The molecule has 0 unspecified atom stereocenters. The van der Waals surface area contributed by atoms with Crippen LogP contribution in [0.1, 0.15) is 19.8 Å². The number of aromatic hydroxyl groups is 1. The summed E-state index contributed by atoms with van der Waals surface area (Å²) in [7, 11) is 0. The normalized spacial score (nSPS) is 11.5. The number of hydrazine groups is 1. The predicted octanol–water partition coefficient (Wildman–Crippen LogP) is 1.17. The van der Waals surface area contributed by atoms with E-state index in [4.69, 9.17) is 30.5 Å². The number of nitrogens with one attached hydrogen (secondary N) is 1. The summed E-state index contributed by atoms with van der Waals surface area (Å²) >= 11 is 0. The maximum Gasteiger partial charge on any atom is 0.226 e. The number of hydrogen-bond donors (Lipinski definition) is 4. The van der Waals surface area contributed by atoms with Gasteiger partial charge in [-0.05, 0) is 30.7 Å². The lowest BCUT2D eigenvalue weighted by Crippen LogP contribution is -2.31. The van der Waals surface area contributed by atoms with Crippen LogP contribution in [-0.2, 0) is 23.7 Å². The smallest absolute Gasteiger partial charge is 0.226 e. The number of anilines is 1. The van der Waals surface area contributed by atoms with Gasteiger partial charge in [-0.2, -0.15) is 0 Å². The molecule has 0 fully saturated rings. The zero-order chi connectivity index (χ0) is 22.7. The fraction of sp³-hybridized carbons (Fsp3) is 0.571. The molecule has 6 N–H and O–H groups in total. The average molecular weight is 441 g/mol. The fourth-order valence-electron chi connectivity index (χ4n) is 2.29. The number of hydrogen-bond acceptors (Lipinski definition) is 9. The first-order valence-electron chi connectivity index (χ1n) is 10.4. The zero-order valence-corrected chi connectivity index (χ0v) is 18.3. The van der Waals surface area contributed by atoms with Gasteiger partial charge in [-0.3, -0.25) is 4.79 Å². The molecule has 0 atom stereocenters. The van der Waals surface area contributed by atoms with Crippen LogP contribution in [0.2, 0.25) is 0 Å². The molecule has 0 radical (unpaired) electrons. The molecule has 1 rings (SSSR count). The van der Waals surface area contributed by atoms with E-state index >= 15 is 0 Å². The monoisotopic (exact) mass is 440 g/mol.